The van der Waals surface area contributed by atoms with Crippen molar-refractivity contribution in [3.63, 3.8) is 0 Å². The first-order valence-corrected chi connectivity index (χ1v) is 5.71. The van der Waals surface area contributed by atoms with Crippen LogP contribution in [-0.2, 0) is 0 Å². The summed E-state index contributed by atoms with van der Waals surface area (Å²) in [5, 5.41) is 0. The summed E-state index contributed by atoms with van der Waals surface area (Å²) in [5.41, 5.74) is 5.46. The highest BCUT2D eigenvalue weighted by molar-refractivity contribution is 4.70. The van der Waals surface area contributed by atoms with Crippen LogP contribution in [0.1, 0.15) is 38.5 Å². The molecular weight excluding hydrogens is 160 g/mol. The van der Waals surface area contributed by atoms with E-state index in [0.29, 0.717) is 0 Å². The second kappa shape index (κ2) is 6.39. The number of hydrogen-bond acceptors (Lipinski definition) is 2. The van der Waals surface area contributed by atoms with E-state index in [2.05, 4.69) is 11.9 Å². The Balaban J connectivity index is 1.99. The molecule has 1 fully saturated rings. The lowest BCUT2D eigenvalue weighted by molar-refractivity contribution is 0.274. The Morgan fingerprint density at radius 1 is 1.23 bits per heavy atom. The van der Waals surface area contributed by atoms with Gasteiger partial charge in [0.2, 0.25) is 0 Å². The molecule has 0 atom stereocenters. The van der Waals surface area contributed by atoms with Crippen LogP contribution in [0.25, 0.3) is 0 Å². The van der Waals surface area contributed by atoms with Crippen molar-refractivity contribution in [2.45, 2.75) is 38.5 Å². The molecule has 78 valence electrons. The van der Waals surface area contributed by atoms with Gasteiger partial charge in [0.05, 0.1) is 0 Å². The number of rotatable bonds is 6. The smallest absolute Gasteiger partial charge is 0.000661 e. The highest BCUT2D eigenvalue weighted by atomic mass is 15.1. The van der Waals surface area contributed by atoms with Crippen LogP contribution in [0.3, 0.4) is 0 Å². The van der Waals surface area contributed by atoms with E-state index in [-0.39, 0.29) is 0 Å². The first-order valence-electron chi connectivity index (χ1n) is 5.71. The van der Waals surface area contributed by atoms with Crippen molar-refractivity contribution in [2.24, 2.45) is 11.7 Å². The first kappa shape index (κ1) is 11.0. The molecule has 13 heavy (non-hydrogen) atoms. The Kier molecular flexibility index (Phi) is 5.40. The largest absolute Gasteiger partial charge is 0.330 e. The van der Waals surface area contributed by atoms with Crippen LogP contribution in [0, 0.1) is 5.92 Å². The third-order valence-corrected chi connectivity index (χ3v) is 3.04. The molecule has 0 aromatic rings. The molecule has 1 aliphatic carbocycles. The lowest BCUT2D eigenvalue weighted by Crippen LogP contribution is -2.25. The molecule has 0 unspecified atom stereocenters. The molecule has 0 aromatic heterocycles. The molecule has 1 rings (SSSR count). The lowest BCUT2D eigenvalue weighted by Gasteiger charge is -2.20. The Morgan fingerprint density at radius 3 is 2.54 bits per heavy atom. The van der Waals surface area contributed by atoms with E-state index < -0.39 is 0 Å². The van der Waals surface area contributed by atoms with E-state index in [1.807, 2.05) is 0 Å². The molecule has 2 N–H and O–H groups in total. The van der Waals surface area contributed by atoms with Crippen molar-refractivity contribution in [3.05, 3.63) is 0 Å². The maximum absolute atomic E-state index is 5.46. The standard InChI is InChI=1S/C11H24N2/c1-13(9-5-4-8-12)10-11-6-2-3-7-11/h11H,2-10,12H2,1H3. The minimum atomic E-state index is 0.845. The van der Waals surface area contributed by atoms with Crippen molar-refractivity contribution in [1.29, 1.82) is 0 Å². The van der Waals surface area contributed by atoms with Crippen LogP contribution < -0.4 is 5.73 Å². The van der Waals surface area contributed by atoms with E-state index in [4.69, 9.17) is 5.73 Å². The highest BCUT2D eigenvalue weighted by Gasteiger charge is 2.16. The van der Waals surface area contributed by atoms with Crippen molar-refractivity contribution >= 4 is 0 Å². The number of hydrogen-bond donors (Lipinski definition) is 1. The van der Waals surface area contributed by atoms with Gasteiger partial charge in [0.1, 0.15) is 0 Å². The van der Waals surface area contributed by atoms with Gasteiger partial charge in [-0.2, -0.15) is 0 Å². The summed E-state index contributed by atoms with van der Waals surface area (Å²) in [7, 11) is 2.24. The monoisotopic (exact) mass is 184 g/mol. The zero-order valence-corrected chi connectivity index (χ0v) is 8.97. The van der Waals surface area contributed by atoms with Crippen LogP contribution in [0.15, 0.2) is 0 Å². The van der Waals surface area contributed by atoms with Gasteiger partial charge in [0.25, 0.3) is 0 Å². The Bertz CT molecular complexity index is 119. The van der Waals surface area contributed by atoms with Gasteiger partial charge in [-0.15, -0.1) is 0 Å². The van der Waals surface area contributed by atoms with Crippen LogP contribution in [0.4, 0.5) is 0 Å². The minimum absolute atomic E-state index is 0.845. The van der Waals surface area contributed by atoms with Crippen molar-refractivity contribution in [2.75, 3.05) is 26.7 Å². The molecule has 1 saturated carbocycles. The van der Waals surface area contributed by atoms with Gasteiger partial charge in [-0.25, -0.2) is 0 Å². The first-order chi connectivity index (χ1) is 6.33. The summed E-state index contributed by atoms with van der Waals surface area (Å²) in [5.74, 6) is 0.989. The van der Waals surface area contributed by atoms with Crippen molar-refractivity contribution in [1.82, 2.24) is 4.90 Å². The second-order valence-electron chi connectivity index (χ2n) is 4.41. The quantitative estimate of drug-likeness (QED) is 0.638. The van der Waals surface area contributed by atoms with Gasteiger partial charge >= 0.3 is 0 Å². The number of nitrogens with zero attached hydrogens (tertiary/aromatic N) is 1. The summed E-state index contributed by atoms with van der Waals surface area (Å²) < 4.78 is 0. The van der Waals surface area contributed by atoms with Gasteiger partial charge < -0.3 is 10.6 Å². The topological polar surface area (TPSA) is 29.3 Å². The van der Waals surface area contributed by atoms with Crippen molar-refractivity contribution < 1.29 is 0 Å². The average molecular weight is 184 g/mol. The van der Waals surface area contributed by atoms with E-state index >= 15 is 0 Å². The number of unbranched alkanes of at least 4 members (excludes halogenated alkanes) is 1. The third kappa shape index (κ3) is 4.63. The lowest BCUT2D eigenvalue weighted by atomic mass is 10.1. The van der Waals surface area contributed by atoms with Crippen LogP contribution in [0.2, 0.25) is 0 Å². The molecule has 2 nitrogen and oxygen atoms in total. The molecular formula is C11H24N2. The molecule has 1 aliphatic rings. The predicted molar refractivity (Wildman–Crippen MR) is 57.7 cm³/mol. The molecule has 0 aliphatic heterocycles. The zero-order valence-electron chi connectivity index (χ0n) is 8.97. The summed E-state index contributed by atoms with van der Waals surface area (Å²) >= 11 is 0. The van der Waals surface area contributed by atoms with Crippen LogP contribution in [0.5, 0.6) is 0 Å². The molecule has 2 heteroatoms. The summed E-state index contributed by atoms with van der Waals surface area (Å²) in [4.78, 5) is 2.48. The fourth-order valence-electron chi connectivity index (χ4n) is 2.25. The summed E-state index contributed by atoms with van der Waals surface area (Å²) in [6.07, 6.45) is 8.28. The zero-order chi connectivity index (χ0) is 9.52. The minimum Gasteiger partial charge on any atom is -0.330 e. The molecule has 0 bridgehead atoms. The maximum atomic E-state index is 5.46. The fraction of sp³-hybridized carbons (Fsp3) is 1.00. The van der Waals surface area contributed by atoms with Crippen LogP contribution in [-0.4, -0.2) is 31.6 Å². The van der Waals surface area contributed by atoms with Gasteiger partial charge in [0.15, 0.2) is 0 Å². The molecule has 0 radical (unpaired) electrons. The Hall–Kier alpha value is -0.0800. The van der Waals surface area contributed by atoms with E-state index in [9.17, 15) is 0 Å². The predicted octanol–water partition coefficient (Wildman–Crippen LogP) is 1.85. The maximum Gasteiger partial charge on any atom is 0.000661 e. The van der Waals surface area contributed by atoms with E-state index in [1.54, 1.807) is 0 Å². The van der Waals surface area contributed by atoms with Gasteiger partial charge in [0, 0.05) is 6.54 Å². The van der Waals surface area contributed by atoms with Gasteiger partial charge in [-0.1, -0.05) is 12.8 Å². The Labute approximate surface area is 82.5 Å². The van der Waals surface area contributed by atoms with Gasteiger partial charge in [-0.05, 0) is 51.7 Å². The highest BCUT2D eigenvalue weighted by Crippen LogP contribution is 2.25. The normalized spacial score (nSPS) is 18.7. The average Bonchev–Trinajstić information content (AvgIpc) is 2.57. The third-order valence-electron chi connectivity index (χ3n) is 3.04. The molecule has 0 amide bonds. The molecule has 0 heterocycles. The van der Waals surface area contributed by atoms with Crippen molar-refractivity contribution in [3.8, 4) is 0 Å². The SMILES string of the molecule is CN(CCCCN)CC1CCCC1. The van der Waals surface area contributed by atoms with E-state index in [1.165, 1.54) is 51.6 Å². The second-order valence-corrected chi connectivity index (χ2v) is 4.41. The molecule has 0 saturated heterocycles. The van der Waals surface area contributed by atoms with Gasteiger partial charge in [-0.3, -0.25) is 0 Å². The molecule has 0 aromatic carbocycles. The fourth-order valence-corrected chi connectivity index (χ4v) is 2.25. The summed E-state index contributed by atoms with van der Waals surface area (Å²) in [6, 6.07) is 0. The molecule has 0 spiro atoms. The van der Waals surface area contributed by atoms with E-state index in [0.717, 1.165) is 12.5 Å². The number of nitrogens with two attached hydrogens (primary N) is 1. The Morgan fingerprint density at radius 2 is 1.92 bits per heavy atom. The summed E-state index contributed by atoms with van der Waals surface area (Å²) in [6.45, 7) is 3.38. The van der Waals surface area contributed by atoms with Crippen LogP contribution >= 0.6 is 0 Å².